The third kappa shape index (κ3) is 3.38. The summed E-state index contributed by atoms with van der Waals surface area (Å²) >= 11 is 0. The van der Waals surface area contributed by atoms with Crippen molar-refractivity contribution in [1.29, 1.82) is 0 Å². The molecule has 0 spiro atoms. The maximum Gasteiger partial charge on any atom is 0.309 e. The Morgan fingerprint density at radius 2 is 2.16 bits per heavy atom. The van der Waals surface area contributed by atoms with Crippen molar-refractivity contribution in [3.8, 4) is 0 Å². The molecule has 0 atom stereocenters. The summed E-state index contributed by atoms with van der Waals surface area (Å²) in [7, 11) is 0. The summed E-state index contributed by atoms with van der Waals surface area (Å²) in [6.45, 7) is 3.31. The first kappa shape index (κ1) is 13.2. The second-order valence-electron chi connectivity index (χ2n) is 4.39. The van der Waals surface area contributed by atoms with E-state index < -0.39 is 5.97 Å². The molecule has 2 rings (SSSR count). The van der Waals surface area contributed by atoms with Crippen molar-refractivity contribution in [3.63, 3.8) is 0 Å². The van der Waals surface area contributed by atoms with Gasteiger partial charge in [0.1, 0.15) is 0 Å². The monoisotopic (exact) mass is 261 g/mol. The number of carboxylic acids is 1. The van der Waals surface area contributed by atoms with Crippen molar-refractivity contribution in [2.24, 2.45) is 0 Å². The molecule has 0 aliphatic carbocycles. The first-order chi connectivity index (χ1) is 9.06. The van der Waals surface area contributed by atoms with Crippen LogP contribution < -0.4 is 10.6 Å². The Balaban J connectivity index is 1.99. The lowest BCUT2D eigenvalue weighted by atomic mass is 10.0. The number of carboxylic acid groups (broad SMARTS) is 1. The smallest absolute Gasteiger partial charge is 0.309 e. The van der Waals surface area contributed by atoms with Crippen LogP contribution in [0, 0.1) is 0 Å². The van der Waals surface area contributed by atoms with Crippen LogP contribution >= 0.6 is 0 Å². The van der Waals surface area contributed by atoms with Gasteiger partial charge in [0.15, 0.2) is 0 Å². The van der Waals surface area contributed by atoms with Gasteiger partial charge in [0.05, 0.1) is 24.0 Å². The Morgan fingerprint density at radius 3 is 2.63 bits per heavy atom. The number of nitrogens with zero attached hydrogens (tertiary/aromatic N) is 1. The van der Waals surface area contributed by atoms with Crippen LogP contribution in [0.3, 0.4) is 0 Å². The standard InChI is InChI=1S/C13H15N3O3/c1-8(9-5-14-6-9)13(19)16-11-3-2-10(15-7-11)4-12(17)18/h2-3,7,14H,4-6H2,1H3,(H,16,19)(H,17,18). The Labute approximate surface area is 110 Å². The lowest BCUT2D eigenvalue weighted by Gasteiger charge is -2.21. The molecule has 0 saturated carbocycles. The number of anilines is 1. The van der Waals surface area contributed by atoms with Gasteiger partial charge in [-0.05, 0) is 24.6 Å². The molecule has 1 amide bonds. The number of carbonyl (C=O) groups excluding carboxylic acids is 1. The summed E-state index contributed by atoms with van der Waals surface area (Å²) in [4.78, 5) is 26.4. The van der Waals surface area contributed by atoms with Crippen LogP contribution in [0.2, 0.25) is 0 Å². The summed E-state index contributed by atoms with van der Waals surface area (Å²) in [6.07, 6.45) is 1.34. The van der Waals surface area contributed by atoms with Crippen molar-refractivity contribution < 1.29 is 14.7 Å². The summed E-state index contributed by atoms with van der Waals surface area (Å²) < 4.78 is 0. The maximum absolute atomic E-state index is 11.9. The second kappa shape index (κ2) is 5.62. The molecule has 0 unspecified atom stereocenters. The van der Waals surface area contributed by atoms with E-state index in [4.69, 9.17) is 5.11 Å². The molecule has 1 fully saturated rings. The van der Waals surface area contributed by atoms with Gasteiger partial charge in [0.2, 0.25) is 0 Å². The van der Waals surface area contributed by atoms with Crippen LogP contribution in [0.1, 0.15) is 12.6 Å². The normalized spacial score (nSPS) is 13.6. The van der Waals surface area contributed by atoms with Gasteiger partial charge in [0, 0.05) is 18.7 Å². The molecule has 2 heterocycles. The van der Waals surface area contributed by atoms with Gasteiger partial charge < -0.3 is 15.7 Å². The molecule has 19 heavy (non-hydrogen) atoms. The van der Waals surface area contributed by atoms with Gasteiger partial charge in [-0.25, -0.2) is 0 Å². The van der Waals surface area contributed by atoms with Crippen LogP contribution in [0.25, 0.3) is 0 Å². The molecule has 1 saturated heterocycles. The Morgan fingerprint density at radius 1 is 1.42 bits per heavy atom. The van der Waals surface area contributed by atoms with E-state index in [9.17, 15) is 9.59 Å². The quantitative estimate of drug-likeness (QED) is 0.689. The number of pyridine rings is 1. The first-order valence-electron chi connectivity index (χ1n) is 5.93. The fraction of sp³-hybridized carbons (Fsp3) is 0.308. The summed E-state index contributed by atoms with van der Waals surface area (Å²) in [5, 5.41) is 14.4. The van der Waals surface area contributed by atoms with E-state index in [-0.39, 0.29) is 12.3 Å². The number of nitrogens with one attached hydrogen (secondary N) is 2. The molecular formula is C13H15N3O3. The highest BCUT2D eigenvalue weighted by Gasteiger charge is 2.16. The number of aromatic nitrogens is 1. The first-order valence-corrected chi connectivity index (χ1v) is 5.93. The average Bonchev–Trinajstić information content (AvgIpc) is 2.28. The molecule has 0 radical (unpaired) electrons. The largest absolute Gasteiger partial charge is 0.481 e. The predicted octanol–water partition coefficient (Wildman–Crippen LogP) is 0.567. The zero-order chi connectivity index (χ0) is 13.8. The highest BCUT2D eigenvalue weighted by Crippen LogP contribution is 2.13. The molecular weight excluding hydrogens is 246 g/mol. The molecule has 0 bridgehead atoms. The number of carbonyl (C=O) groups is 2. The van der Waals surface area contributed by atoms with Crippen LogP contribution in [0.15, 0.2) is 29.5 Å². The van der Waals surface area contributed by atoms with Crippen molar-refractivity contribution in [3.05, 3.63) is 35.2 Å². The van der Waals surface area contributed by atoms with Crippen molar-refractivity contribution in [1.82, 2.24) is 10.3 Å². The lowest BCUT2D eigenvalue weighted by Crippen LogP contribution is -2.36. The minimum Gasteiger partial charge on any atom is -0.481 e. The van der Waals surface area contributed by atoms with Crippen LogP contribution in [-0.4, -0.2) is 35.1 Å². The van der Waals surface area contributed by atoms with E-state index in [0.29, 0.717) is 17.0 Å². The topological polar surface area (TPSA) is 91.3 Å². The fourth-order valence-corrected chi connectivity index (χ4v) is 1.66. The summed E-state index contributed by atoms with van der Waals surface area (Å²) in [5.74, 6) is -1.08. The van der Waals surface area contributed by atoms with E-state index in [1.54, 1.807) is 19.1 Å². The van der Waals surface area contributed by atoms with Gasteiger partial charge in [0.25, 0.3) is 5.91 Å². The molecule has 6 nitrogen and oxygen atoms in total. The number of rotatable bonds is 4. The minimum absolute atomic E-state index is 0.122. The molecule has 3 N–H and O–H groups in total. The van der Waals surface area contributed by atoms with E-state index in [1.165, 1.54) is 6.20 Å². The van der Waals surface area contributed by atoms with Crippen LogP contribution in [0.5, 0.6) is 0 Å². The highest BCUT2D eigenvalue weighted by molar-refractivity contribution is 6.04. The van der Waals surface area contributed by atoms with Crippen molar-refractivity contribution in [2.45, 2.75) is 13.3 Å². The number of amides is 1. The Hall–Kier alpha value is -2.21. The number of hydrogen-bond donors (Lipinski definition) is 3. The third-order valence-electron chi connectivity index (χ3n) is 2.96. The Bertz CT molecular complexity index is 529. The van der Waals surface area contributed by atoms with Gasteiger partial charge in [-0.1, -0.05) is 0 Å². The SMILES string of the molecule is CC(C(=O)Nc1ccc(CC(=O)O)nc1)=C1CNC1. The van der Waals surface area contributed by atoms with E-state index in [1.807, 2.05) is 0 Å². The number of aliphatic carboxylic acids is 1. The second-order valence-corrected chi connectivity index (χ2v) is 4.39. The minimum atomic E-state index is -0.928. The van der Waals surface area contributed by atoms with Crippen molar-refractivity contribution in [2.75, 3.05) is 18.4 Å². The number of hydrogen-bond acceptors (Lipinski definition) is 4. The molecule has 6 heteroatoms. The lowest BCUT2D eigenvalue weighted by molar-refractivity contribution is -0.136. The van der Waals surface area contributed by atoms with Gasteiger partial charge in [-0.15, -0.1) is 0 Å². The highest BCUT2D eigenvalue weighted by atomic mass is 16.4. The van der Waals surface area contributed by atoms with Gasteiger partial charge in [-0.2, -0.15) is 0 Å². The molecule has 1 aliphatic rings. The molecule has 100 valence electrons. The maximum atomic E-state index is 11.9. The van der Waals surface area contributed by atoms with Gasteiger partial charge >= 0.3 is 5.97 Å². The molecule has 0 aromatic carbocycles. The van der Waals surface area contributed by atoms with E-state index in [2.05, 4.69) is 15.6 Å². The molecule has 1 aromatic heterocycles. The van der Waals surface area contributed by atoms with E-state index in [0.717, 1.165) is 18.7 Å². The van der Waals surface area contributed by atoms with E-state index >= 15 is 0 Å². The molecule has 1 aliphatic heterocycles. The van der Waals surface area contributed by atoms with Crippen LogP contribution in [-0.2, 0) is 16.0 Å². The average molecular weight is 261 g/mol. The van der Waals surface area contributed by atoms with Crippen molar-refractivity contribution >= 4 is 17.6 Å². The zero-order valence-corrected chi connectivity index (χ0v) is 10.6. The third-order valence-corrected chi connectivity index (χ3v) is 2.96. The summed E-state index contributed by atoms with van der Waals surface area (Å²) in [5.41, 5.74) is 2.84. The van der Waals surface area contributed by atoms with Gasteiger partial charge in [-0.3, -0.25) is 14.6 Å². The fourth-order valence-electron chi connectivity index (χ4n) is 1.66. The zero-order valence-electron chi connectivity index (χ0n) is 10.6. The predicted molar refractivity (Wildman–Crippen MR) is 69.8 cm³/mol. The van der Waals surface area contributed by atoms with Crippen LogP contribution in [0.4, 0.5) is 5.69 Å². The molecule has 1 aromatic rings. The Kier molecular flexibility index (Phi) is 3.91. The summed E-state index contributed by atoms with van der Waals surface area (Å²) in [6, 6.07) is 3.25.